The van der Waals surface area contributed by atoms with Crippen LogP contribution in [0.5, 0.6) is 11.5 Å². The molecule has 0 fully saturated rings. The van der Waals surface area contributed by atoms with Crippen molar-refractivity contribution in [2.24, 2.45) is 0 Å². The Labute approximate surface area is 85.3 Å². The molecule has 4 nitrogen and oxygen atoms in total. The number of nitrogen functional groups attached to an aromatic ring is 1. The standard InChI is InChI=1S/C9H10N2O2S/c1-12-6-3-5-8(4-7(6)13-2)14-9(10)11-5/h3-4H,1-2H3,(H2,10,11). The zero-order valence-electron chi connectivity index (χ0n) is 7.90. The van der Waals surface area contributed by atoms with Gasteiger partial charge in [0.15, 0.2) is 16.6 Å². The number of methoxy groups -OCH3 is 2. The third-order valence-corrected chi connectivity index (χ3v) is 2.76. The van der Waals surface area contributed by atoms with Gasteiger partial charge < -0.3 is 15.2 Å². The van der Waals surface area contributed by atoms with Crippen LogP contribution in [0.3, 0.4) is 0 Å². The van der Waals surface area contributed by atoms with Crippen molar-refractivity contribution in [3.8, 4) is 11.5 Å². The van der Waals surface area contributed by atoms with E-state index in [0.717, 1.165) is 10.2 Å². The molecule has 0 atom stereocenters. The van der Waals surface area contributed by atoms with Gasteiger partial charge in [-0.1, -0.05) is 11.3 Å². The molecule has 0 spiro atoms. The first kappa shape index (κ1) is 9.08. The number of ether oxygens (including phenoxy) is 2. The first-order valence-electron chi connectivity index (χ1n) is 4.02. The second-order valence-electron chi connectivity index (χ2n) is 2.73. The molecular weight excluding hydrogens is 200 g/mol. The first-order valence-corrected chi connectivity index (χ1v) is 4.84. The average Bonchev–Trinajstić information content (AvgIpc) is 2.54. The van der Waals surface area contributed by atoms with Crippen molar-refractivity contribution in [1.82, 2.24) is 4.98 Å². The maximum Gasteiger partial charge on any atom is 0.181 e. The summed E-state index contributed by atoms with van der Waals surface area (Å²) < 4.78 is 11.3. The number of thiazole rings is 1. The van der Waals surface area contributed by atoms with Gasteiger partial charge in [0.25, 0.3) is 0 Å². The Morgan fingerprint density at radius 1 is 1.21 bits per heavy atom. The highest BCUT2D eigenvalue weighted by Crippen LogP contribution is 2.35. The van der Waals surface area contributed by atoms with E-state index in [1.807, 2.05) is 12.1 Å². The molecule has 0 saturated heterocycles. The lowest BCUT2D eigenvalue weighted by Gasteiger charge is -2.05. The highest BCUT2D eigenvalue weighted by Gasteiger charge is 2.08. The quantitative estimate of drug-likeness (QED) is 0.822. The van der Waals surface area contributed by atoms with E-state index in [0.29, 0.717) is 16.6 Å². The predicted molar refractivity (Wildman–Crippen MR) is 57.1 cm³/mol. The van der Waals surface area contributed by atoms with E-state index in [1.165, 1.54) is 11.3 Å². The number of aromatic nitrogens is 1. The molecule has 74 valence electrons. The first-order chi connectivity index (χ1) is 6.74. The second kappa shape index (κ2) is 3.34. The van der Waals surface area contributed by atoms with Crippen molar-refractivity contribution in [1.29, 1.82) is 0 Å². The molecular formula is C9H10N2O2S. The topological polar surface area (TPSA) is 57.4 Å². The van der Waals surface area contributed by atoms with Gasteiger partial charge in [-0.05, 0) is 0 Å². The molecule has 1 heterocycles. The van der Waals surface area contributed by atoms with Crippen LogP contribution in [0.1, 0.15) is 0 Å². The van der Waals surface area contributed by atoms with E-state index in [2.05, 4.69) is 4.98 Å². The van der Waals surface area contributed by atoms with Gasteiger partial charge in [0.05, 0.1) is 24.4 Å². The van der Waals surface area contributed by atoms with Gasteiger partial charge in [-0.25, -0.2) is 4.98 Å². The number of anilines is 1. The summed E-state index contributed by atoms with van der Waals surface area (Å²) in [7, 11) is 3.20. The molecule has 0 saturated carbocycles. The molecule has 5 heteroatoms. The summed E-state index contributed by atoms with van der Waals surface area (Å²) in [4.78, 5) is 4.16. The van der Waals surface area contributed by atoms with Gasteiger partial charge in [-0.15, -0.1) is 0 Å². The summed E-state index contributed by atoms with van der Waals surface area (Å²) >= 11 is 1.43. The van der Waals surface area contributed by atoms with E-state index >= 15 is 0 Å². The molecule has 0 radical (unpaired) electrons. The highest BCUT2D eigenvalue weighted by molar-refractivity contribution is 7.22. The molecule has 2 aromatic rings. The maximum atomic E-state index is 5.60. The van der Waals surface area contributed by atoms with Gasteiger partial charge in [0, 0.05) is 12.1 Å². The van der Waals surface area contributed by atoms with Crippen molar-refractivity contribution >= 4 is 26.7 Å². The maximum absolute atomic E-state index is 5.60. The molecule has 0 aliphatic carbocycles. The molecule has 0 amide bonds. The second-order valence-corrected chi connectivity index (χ2v) is 3.79. The van der Waals surface area contributed by atoms with Crippen LogP contribution < -0.4 is 15.2 Å². The Balaban J connectivity index is 2.68. The van der Waals surface area contributed by atoms with Crippen LogP contribution in [0.4, 0.5) is 5.13 Å². The number of hydrogen-bond donors (Lipinski definition) is 1. The van der Waals surface area contributed by atoms with Gasteiger partial charge >= 0.3 is 0 Å². The molecule has 14 heavy (non-hydrogen) atoms. The molecule has 0 bridgehead atoms. The fourth-order valence-electron chi connectivity index (χ4n) is 1.27. The number of nitrogens with zero attached hydrogens (tertiary/aromatic N) is 1. The third kappa shape index (κ3) is 1.35. The summed E-state index contributed by atoms with van der Waals surface area (Å²) in [5.41, 5.74) is 6.44. The van der Waals surface area contributed by atoms with Gasteiger partial charge in [0.2, 0.25) is 0 Å². The minimum absolute atomic E-state index is 0.551. The number of rotatable bonds is 2. The summed E-state index contributed by atoms with van der Waals surface area (Å²) in [5, 5.41) is 0.551. The van der Waals surface area contributed by atoms with Crippen LogP contribution >= 0.6 is 11.3 Å². The molecule has 0 unspecified atom stereocenters. The number of hydrogen-bond acceptors (Lipinski definition) is 5. The summed E-state index contributed by atoms with van der Waals surface area (Å²) in [6.07, 6.45) is 0. The Hall–Kier alpha value is -1.49. The Morgan fingerprint density at radius 3 is 2.50 bits per heavy atom. The predicted octanol–water partition coefficient (Wildman–Crippen LogP) is 1.90. The van der Waals surface area contributed by atoms with Crippen molar-refractivity contribution in [2.75, 3.05) is 20.0 Å². The lowest BCUT2D eigenvalue weighted by Crippen LogP contribution is -1.89. The van der Waals surface area contributed by atoms with Crippen LogP contribution in [-0.2, 0) is 0 Å². The molecule has 0 aliphatic heterocycles. The van der Waals surface area contributed by atoms with E-state index in [4.69, 9.17) is 15.2 Å². The summed E-state index contributed by atoms with van der Waals surface area (Å²) in [6, 6.07) is 3.70. The van der Waals surface area contributed by atoms with E-state index in [9.17, 15) is 0 Å². The van der Waals surface area contributed by atoms with Crippen LogP contribution in [0.2, 0.25) is 0 Å². The fraction of sp³-hybridized carbons (Fsp3) is 0.222. The van der Waals surface area contributed by atoms with Crippen molar-refractivity contribution in [2.45, 2.75) is 0 Å². The van der Waals surface area contributed by atoms with Crippen LogP contribution in [0.25, 0.3) is 10.2 Å². The monoisotopic (exact) mass is 210 g/mol. The van der Waals surface area contributed by atoms with Gasteiger partial charge in [0.1, 0.15) is 0 Å². The molecule has 1 aromatic heterocycles. The van der Waals surface area contributed by atoms with Crippen LogP contribution in [-0.4, -0.2) is 19.2 Å². The molecule has 0 aliphatic rings. The zero-order chi connectivity index (χ0) is 10.1. The number of nitrogens with two attached hydrogens (primary N) is 1. The summed E-state index contributed by atoms with van der Waals surface area (Å²) in [5.74, 6) is 1.37. The summed E-state index contributed by atoms with van der Waals surface area (Å²) in [6.45, 7) is 0. The lowest BCUT2D eigenvalue weighted by atomic mass is 10.3. The smallest absolute Gasteiger partial charge is 0.181 e. The van der Waals surface area contributed by atoms with E-state index < -0.39 is 0 Å². The van der Waals surface area contributed by atoms with Crippen molar-refractivity contribution in [3.63, 3.8) is 0 Å². The minimum atomic E-state index is 0.551. The average molecular weight is 210 g/mol. The Kier molecular flexibility index (Phi) is 2.17. The largest absolute Gasteiger partial charge is 0.493 e. The van der Waals surface area contributed by atoms with E-state index in [-0.39, 0.29) is 0 Å². The van der Waals surface area contributed by atoms with Crippen LogP contribution in [0, 0.1) is 0 Å². The zero-order valence-corrected chi connectivity index (χ0v) is 8.72. The normalized spacial score (nSPS) is 10.4. The number of fused-ring (bicyclic) bond motifs is 1. The molecule has 2 N–H and O–H groups in total. The number of benzene rings is 1. The van der Waals surface area contributed by atoms with Crippen molar-refractivity contribution < 1.29 is 9.47 Å². The lowest BCUT2D eigenvalue weighted by molar-refractivity contribution is 0.356. The molecule has 1 aromatic carbocycles. The third-order valence-electron chi connectivity index (χ3n) is 1.91. The highest BCUT2D eigenvalue weighted by atomic mass is 32.1. The van der Waals surface area contributed by atoms with E-state index in [1.54, 1.807) is 14.2 Å². The minimum Gasteiger partial charge on any atom is -0.493 e. The van der Waals surface area contributed by atoms with Crippen LogP contribution in [0.15, 0.2) is 12.1 Å². The van der Waals surface area contributed by atoms with Gasteiger partial charge in [-0.2, -0.15) is 0 Å². The Morgan fingerprint density at radius 2 is 1.86 bits per heavy atom. The van der Waals surface area contributed by atoms with Gasteiger partial charge in [-0.3, -0.25) is 0 Å². The SMILES string of the molecule is COc1cc2nc(N)sc2cc1OC. The fourth-order valence-corrected chi connectivity index (χ4v) is 2.02. The molecule has 2 rings (SSSR count). The Bertz CT molecular complexity index is 426. The van der Waals surface area contributed by atoms with Crippen molar-refractivity contribution in [3.05, 3.63) is 12.1 Å².